The topological polar surface area (TPSA) is 163 Å². The summed E-state index contributed by atoms with van der Waals surface area (Å²) in [5.41, 5.74) is 2.82. The predicted octanol–water partition coefficient (Wildman–Crippen LogP) is 6.80. The molecule has 4 aromatic rings. The van der Waals surface area contributed by atoms with Gasteiger partial charge in [0.05, 0.1) is 23.2 Å². The molecule has 0 bridgehead atoms. The Labute approximate surface area is 347 Å². The third kappa shape index (κ3) is 10.2. The van der Waals surface area contributed by atoms with E-state index in [4.69, 9.17) is 26.2 Å². The number of imide groups is 1. The number of likely N-dealkylation sites (tertiary alicyclic amines) is 1. The number of halogens is 5. The van der Waals surface area contributed by atoms with Gasteiger partial charge in [-0.25, -0.2) is 9.18 Å². The standard InChI is InChI=1S/C40H44ClFN6O5.C2HF3O2/c1-46-23-30(28-9-14-43-22-29(28)39(46)51)26-19-31(41)37(35(20-26)53-2)40(52)48-17-12-25(13-18-48)4-3-24-10-15-47(16-11-24)34-7-5-27(21-32(34)42)44-33-6-8-36(49)45-38(33)50;3-2(4,5)1(6)7/h5,7,9,14,19-25,33,44H,3-4,6,8,10-13,15-18H2,1-2H3,(H,45,49,50);(H,6,7). The molecule has 0 aliphatic carbocycles. The second-order valence-electron chi connectivity index (χ2n) is 15.3. The lowest BCUT2D eigenvalue weighted by Gasteiger charge is -2.36. The van der Waals surface area contributed by atoms with Gasteiger partial charge >= 0.3 is 12.1 Å². The van der Waals surface area contributed by atoms with Crippen LogP contribution in [0.15, 0.2) is 59.8 Å². The summed E-state index contributed by atoms with van der Waals surface area (Å²) in [4.78, 5) is 67.0. The average molecular weight is 857 g/mol. The number of aryl methyl sites for hydroxylation is 1. The fourth-order valence-corrected chi connectivity index (χ4v) is 8.34. The van der Waals surface area contributed by atoms with Gasteiger partial charge in [-0.15, -0.1) is 0 Å². The Balaban J connectivity index is 0.000000793. The molecular formula is C42H45ClF4N6O7. The Bertz CT molecular complexity index is 2320. The van der Waals surface area contributed by atoms with Gasteiger partial charge < -0.3 is 29.5 Å². The number of hydrogen-bond donors (Lipinski definition) is 3. The van der Waals surface area contributed by atoms with Gasteiger partial charge in [-0.3, -0.25) is 29.5 Å². The number of aromatic nitrogens is 2. The van der Waals surface area contributed by atoms with Gasteiger partial charge in [0.25, 0.3) is 11.5 Å². The van der Waals surface area contributed by atoms with Crippen LogP contribution in [-0.2, 0) is 21.4 Å². The molecule has 13 nitrogen and oxygen atoms in total. The predicted molar refractivity (Wildman–Crippen MR) is 217 cm³/mol. The van der Waals surface area contributed by atoms with Crippen LogP contribution in [0.3, 0.4) is 0 Å². The summed E-state index contributed by atoms with van der Waals surface area (Å²) < 4.78 is 54.1. The number of aliphatic carboxylic acids is 1. The second kappa shape index (κ2) is 18.7. The first-order chi connectivity index (χ1) is 28.5. The molecule has 5 heterocycles. The zero-order chi connectivity index (χ0) is 43.3. The van der Waals surface area contributed by atoms with Crippen LogP contribution < -0.4 is 25.8 Å². The van der Waals surface area contributed by atoms with Crippen LogP contribution in [0.5, 0.6) is 5.75 Å². The van der Waals surface area contributed by atoms with Gasteiger partial charge in [-0.05, 0) is 91.3 Å². The minimum absolute atomic E-state index is 0.144. The van der Waals surface area contributed by atoms with Crippen LogP contribution in [0, 0.1) is 17.7 Å². The molecule has 0 spiro atoms. The molecule has 1 unspecified atom stereocenters. The molecule has 0 radical (unpaired) electrons. The number of nitrogens with zero attached hydrogens (tertiary/aromatic N) is 4. The van der Waals surface area contributed by atoms with Crippen molar-refractivity contribution in [2.45, 2.75) is 63.6 Å². The molecule has 3 aliphatic rings. The van der Waals surface area contributed by atoms with Crippen LogP contribution >= 0.6 is 11.6 Å². The average Bonchev–Trinajstić information content (AvgIpc) is 3.22. The van der Waals surface area contributed by atoms with Crippen molar-refractivity contribution in [3.05, 3.63) is 81.7 Å². The number of rotatable bonds is 9. The second-order valence-corrected chi connectivity index (χ2v) is 15.7. The first kappa shape index (κ1) is 43.9. The van der Waals surface area contributed by atoms with E-state index < -0.39 is 18.2 Å². The van der Waals surface area contributed by atoms with Crippen molar-refractivity contribution in [1.82, 2.24) is 19.8 Å². The summed E-state index contributed by atoms with van der Waals surface area (Å²) in [5, 5.41) is 14.0. The Morgan fingerprint density at radius 3 is 2.22 bits per heavy atom. The van der Waals surface area contributed by atoms with E-state index in [0.29, 0.717) is 64.4 Å². The molecule has 3 aliphatic heterocycles. The fraction of sp³-hybridized carbons (Fsp3) is 0.429. The molecule has 3 fully saturated rings. The lowest BCUT2D eigenvalue weighted by Crippen LogP contribution is -2.47. The van der Waals surface area contributed by atoms with Crippen LogP contribution in [0.1, 0.15) is 61.7 Å². The monoisotopic (exact) mass is 856 g/mol. The molecule has 2 aromatic heterocycles. The quantitative estimate of drug-likeness (QED) is 0.121. The van der Waals surface area contributed by atoms with E-state index in [1.807, 2.05) is 11.0 Å². The first-order valence-electron chi connectivity index (χ1n) is 19.6. The number of anilines is 2. The maximum absolute atomic E-state index is 15.2. The number of carbonyl (C=O) groups excluding carboxylic acids is 3. The van der Waals surface area contributed by atoms with Crippen LogP contribution in [0.25, 0.3) is 21.9 Å². The van der Waals surface area contributed by atoms with E-state index in [1.165, 1.54) is 17.7 Å². The van der Waals surface area contributed by atoms with Crippen molar-refractivity contribution in [1.29, 1.82) is 0 Å². The normalized spacial score (nSPS) is 17.8. The number of fused-ring (bicyclic) bond motifs is 1. The van der Waals surface area contributed by atoms with Crippen molar-refractivity contribution >= 4 is 57.4 Å². The van der Waals surface area contributed by atoms with Gasteiger partial charge in [-0.1, -0.05) is 24.4 Å². The van der Waals surface area contributed by atoms with Gasteiger partial charge in [0.15, 0.2) is 0 Å². The molecule has 18 heteroatoms. The summed E-state index contributed by atoms with van der Waals surface area (Å²) in [5.74, 6) is -2.40. The summed E-state index contributed by atoms with van der Waals surface area (Å²) in [6, 6.07) is 9.80. The lowest BCUT2D eigenvalue weighted by atomic mass is 9.85. The molecule has 3 N–H and O–H groups in total. The highest BCUT2D eigenvalue weighted by atomic mass is 35.5. The highest BCUT2D eigenvalue weighted by Crippen LogP contribution is 2.38. The fourth-order valence-electron chi connectivity index (χ4n) is 8.05. The zero-order valence-electron chi connectivity index (χ0n) is 33.0. The highest BCUT2D eigenvalue weighted by molar-refractivity contribution is 6.34. The summed E-state index contributed by atoms with van der Waals surface area (Å²) >= 11 is 6.82. The van der Waals surface area contributed by atoms with E-state index in [2.05, 4.69) is 20.5 Å². The van der Waals surface area contributed by atoms with Crippen molar-refractivity contribution in [2.24, 2.45) is 18.9 Å². The number of hydrogen-bond acceptors (Lipinski definition) is 9. The molecule has 3 saturated heterocycles. The number of pyridine rings is 2. The van der Waals surface area contributed by atoms with E-state index >= 15 is 4.39 Å². The van der Waals surface area contributed by atoms with Gasteiger partial charge in [0, 0.05) is 69.5 Å². The smallest absolute Gasteiger partial charge is 0.490 e. The molecular weight excluding hydrogens is 812 g/mol. The maximum atomic E-state index is 15.2. The SMILES string of the molecule is COc1cc(-c2cn(C)c(=O)c3cnccc23)cc(Cl)c1C(=O)N1CCC(CCC2CCN(c3ccc(NC4CCC(=O)NC4=O)cc3F)CC2)CC1.O=C(O)C(F)(F)F. The Morgan fingerprint density at radius 2 is 1.62 bits per heavy atom. The van der Waals surface area contributed by atoms with Crippen LogP contribution in [0.2, 0.25) is 5.02 Å². The van der Waals surface area contributed by atoms with E-state index in [9.17, 15) is 32.3 Å². The maximum Gasteiger partial charge on any atom is 0.490 e. The van der Waals surface area contributed by atoms with E-state index in [0.717, 1.165) is 68.1 Å². The minimum Gasteiger partial charge on any atom is -0.496 e. The number of ether oxygens (including phenoxy) is 1. The lowest BCUT2D eigenvalue weighted by molar-refractivity contribution is -0.192. The van der Waals surface area contributed by atoms with Crippen LogP contribution in [0.4, 0.5) is 28.9 Å². The number of alkyl halides is 3. The third-order valence-corrected chi connectivity index (χ3v) is 11.7. The summed E-state index contributed by atoms with van der Waals surface area (Å²) in [6.45, 7) is 2.86. The number of benzene rings is 2. The van der Waals surface area contributed by atoms with Gasteiger partial charge in [0.2, 0.25) is 11.8 Å². The van der Waals surface area contributed by atoms with E-state index in [1.54, 1.807) is 49.9 Å². The largest absolute Gasteiger partial charge is 0.496 e. The van der Waals surface area contributed by atoms with Crippen molar-refractivity contribution in [2.75, 3.05) is 43.5 Å². The summed E-state index contributed by atoms with van der Waals surface area (Å²) in [7, 11) is 3.22. The van der Waals surface area contributed by atoms with E-state index in [-0.39, 0.29) is 35.5 Å². The molecule has 0 saturated carbocycles. The number of carboxylic acid groups (broad SMARTS) is 1. The zero-order valence-corrected chi connectivity index (χ0v) is 33.7. The van der Waals surface area contributed by atoms with Crippen molar-refractivity contribution in [3.63, 3.8) is 0 Å². The highest BCUT2D eigenvalue weighted by Gasteiger charge is 2.38. The Hall–Kier alpha value is -5.71. The van der Waals surface area contributed by atoms with Crippen molar-refractivity contribution in [3.8, 4) is 16.9 Å². The summed E-state index contributed by atoms with van der Waals surface area (Å²) in [6.07, 6.45) is 6.57. The molecule has 7 rings (SSSR count). The van der Waals surface area contributed by atoms with Crippen LogP contribution in [-0.4, -0.2) is 88.8 Å². The Morgan fingerprint density at radius 1 is 0.967 bits per heavy atom. The molecule has 1 atom stereocenters. The minimum atomic E-state index is -5.08. The molecule has 2 aromatic carbocycles. The molecule has 3 amide bonds. The number of carboxylic acids is 1. The number of amides is 3. The Kier molecular flexibility index (Phi) is 13.7. The first-order valence-corrected chi connectivity index (χ1v) is 20.0. The van der Waals surface area contributed by atoms with Gasteiger partial charge in [-0.2, -0.15) is 13.2 Å². The molecule has 60 heavy (non-hydrogen) atoms. The van der Waals surface area contributed by atoms with Crippen molar-refractivity contribution < 1.29 is 46.6 Å². The third-order valence-electron chi connectivity index (χ3n) is 11.4. The number of carbonyl (C=O) groups is 4. The number of piperidine rings is 3. The molecule has 320 valence electrons. The van der Waals surface area contributed by atoms with Gasteiger partial charge in [0.1, 0.15) is 23.2 Å². The number of methoxy groups -OCH3 is 1. The number of nitrogens with one attached hydrogen (secondary N) is 2.